The molecule has 47 heavy (non-hydrogen) atoms. The first-order valence-electron chi connectivity index (χ1n) is 17.8. The molecule has 14 heteroatoms. The molecule has 0 saturated heterocycles. The molecular formula is C33H54N2O12. The second-order valence-electron chi connectivity index (χ2n) is 14.7. The number of carbonyl (C=O) groups excluding carboxylic acids is 1. The van der Waals surface area contributed by atoms with Gasteiger partial charge in [-0.3, -0.25) is 35.1 Å². The fourth-order valence-corrected chi connectivity index (χ4v) is 9.07. The Hall–Kier alpha value is -2.42. The molecule has 4 aliphatic rings. The third kappa shape index (κ3) is 10.1. The molecule has 0 aromatic carbocycles. The summed E-state index contributed by atoms with van der Waals surface area (Å²) in [5.41, 5.74) is 0. The second kappa shape index (κ2) is 17.8. The molecule has 0 amide bonds. The van der Waals surface area contributed by atoms with Gasteiger partial charge in [0.25, 0.3) is 0 Å². The van der Waals surface area contributed by atoms with Crippen molar-refractivity contribution in [2.45, 2.75) is 134 Å². The van der Waals surface area contributed by atoms with Crippen molar-refractivity contribution in [1.82, 2.24) is 0 Å². The monoisotopic (exact) mass is 670 g/mol. The SMILES string of the molecule is CCC1CC(CC2CCC(OC(=O)C3CC([N+](=O)[O-])CCC3C(=O)O)C(CC)C2)CCC1OOCC1CC([N+](=O)[O-])CCC1COO. The second-order valence-corrected chi connectivity index (χ2v) is 14.7. The lowest BCUT2D eigenvalue weighted by Crippen LogP contribution is -2.43. The zero-order valence-electron chi connectivity index (χ0n) is 27.8. The molecular weight excluding hydrogens is 616 g/mol. The van der Waals surface area contributed by atoms with Crippen LogP contribution >= 0.6 is 0 Å². The minimum atomic E-state index is -1.10. The molecule has 268 valence electrons. The molecule has 12 atom stereocenters. The van der Waals surface area contributed by atoms with Gasteiger partial charge < -0.3 is 9.84 Å². The minimum absolute atomic E-state index is 0.0158. The van der Waals surface area contributed by atoms with Crippen molar-refractivity contribution in [2.24, 2.45) is 47.3 Å². The highest BCUT2D eigenvalue weighted by Crippen LogP contribution is 2.43. The van der Waals surface area contributed by atoms with E-state index in [2.05, 4.69) is 18.7 Å². The van der Waals surface area contributed by atoms with Crippen LogP contribution in [0.25, 0.3) is 0 Å². The van der Waals surface area contributed by atoms with Gasteiger partial charge in [-0.2, -0.15) is 0 Å². The van der Waals surface area contributed by atoms with E-state index in [0.29, 0.717) is 43.4 Å². The molecule has 4 fully saturated rings. The van der Waals surface area contributed by atoms with Crippen molar-refractivity contribution in [3.63, 3.8) is 0 Å². The van der Waals surface area contributed by atoms with Crippen molar-refractivity contribution in [3.05, 3.63) is 20.2 Å². The fourth-order valence-electron chi connectivity index (χ4n) is 9.07. The number of nitrogens with zero attached hydrogens (tertiary/aromatic N) is 2. The predicted octanol–water partition coefficient (Wildman–Crippen LogP) is 5.96. The Balaban J connectivity index is 1.23. The highest BCUT2D eigenvalue weighted by molar-refractivity contribution is 5.81. The third-order valence-corrected chi connectivity index (χ3v) is 11.9. The number of hydrogen-bond acceptors (Lipinski definition) is 11. The average molecular weight is 671 g/mol. The molecule has 0 radical (unpaired) electrons. The number of nitro groups is 2. The fraction of sp³-hybridized carbons (Fsp3) is 0.939. The Morgan fingerprint density at radius 2 is 1.30 bits per heavy atom. The Kier molecular flexibility index (Phi) is 14.2. The highest BCUT2D eigenvalue weighted by atomic mass is 17.2. The van der Waals surface area contributed by atoms with Gasteiger partial charge in [-0.15, -0.1) is 0 Å². The summed E-state index contributed by atoms with van der Waals surface area (Å²) in [6.07, 6.45) is 9.62. The van der Waals surface area contributed by atoms with Gasteiger partial charge in [-0.1, -0.05) is 20.3 Å². The van der Waals surface area contributed by atoms with E-state index in [1.165, 1.54) is 0 Å². The van der Waals surface area contributed by atoms with Crippen molar-refractivity contribution in [3.8, 4) is 0 Å². The summed E-state index contributed by atoms with van der Waals surface area (Å²) < 4.78 is 5.94. The van der Waals surface area contributed by atoms with Gasteiger partial charge in [-0.05, 0) is 99.7 Å². The van der Waals surface area contributed by atoms with Crippen molar-refractivity contribution in [2.75, 3.05) is 13.2 Å². The standard InChI is InChI=1S/C33H54N2O12/c1-3-22-14-20(5-11-30(22)46-33(38)29-17-27(35(41)42)9-10-28(29)32(36)37)13-21-6-12-31(23(4-2)15-21)47-45-19-25-16-26(34(39)40)8-7-24(25)18-44-43/h20-31,43H,3-19H2,1-2H3,(H,36,37). The number of rotatable bonds is 15. The Morgan fingerprint density at radius 1 is 0.702 bits per heavy atom. The van der Waals surface area contributed by atoms with Gasteiger partial charge in [0.15, 0.2) is 0 Å². The van der Waals surface area contributed by atoms with E-state index in [-0.39, 0.29) is 67.4 Å². The smallest absolute Gasteiger partial charge is 0.310 e. The number of ether oxygens (including phenoxy) is 1. The lowest BCUT2D eigenvalue weighted by Gasteiger charge is -2.40. The molecule has 0 bridgehead atoms. The zero-order valence-corrected chi connectivity index (χ0v) is 27.8. The number of aliphatic carboxylic acids is 1. The van der Waals surface area contributed by atoms with Crippen LogP contribution in [0.1, 0.15) is 110 Å². The number of carboxylic acid groups (broad SMARTS) is 1. The summed E-state index contributed by atoms with van der Waals surface area (Å²) in [5.74, 6) is -2.23. The summed E-state index contributed by atoms with van der Waals surface area (Å²) in [5, 5.41) is 41.3. The topological polar surface area (TPSA) is 198 Å². The lowest BCUT2D eigenvalue weighted by atomic mass is 9.70. The molecule has 0 aliphatic heterocycles. The molecule has 4 aliphatic carbocycles. The van der Waals surface area contributed by atoms with E-state index in [1.807, 2.05) is 0 Å². The number of hydrogen-bond donors (Lipinski definition) is 2. The molecule has 4 rings (SSSR count). The first-order chi connectivity index (χ1) is 22.5. The summed E-state index contributed by atoms with van der Waals surface area (Å²) in [4.78, 5) is 63.1. The number of carboxylic acids is 1. The Bertz CT molecular complexity index is 1060. The van der Waals surface area contributed by atoms with Crippen LogP contribution < -0.4 is 0 Å². The highest BCUT2D eigenvalue weighted by Gasteiger charge is 2.46. The largest absolute Gasteiger partial charge is 0.481 e. The molecule has 14 nitrogen and oxygen atoms in total. The van der Waals surface area contributed by atoms with Crippen LogP contribution in [0, 0.1) is 67.6 Å². The molecule has 0 spiro atoms. The van der Waals surface area contributed by atoms with Gasteiger partial charge >= 0.3 is 11.9 Å². The van der Waals surface area contributed by atoms with E-state index < -0.39 is 40.8 Å². The summed E-state index contributed by atoms with van der Waals surface area (Å²) in [6.45, 7) is 4.59. The summed E-state index contributed by atoms with van der Waals surface area (Å²) in [6, 6.07) is -1.53. The van der Waals surface area contributed by atoms with Crippen LogP contribution in [0.5, 0.6) is 0 Å². The molecule has 12 unspecified atom stereocenters. The predicted molar refractivity (Wildman–Crippen MR) is 167 cm³/mol. The van der Waals surface area contributed by atoms with Crippen LogP contribution in [0.15, 0.2) is 0 Å². The van der Waals surface area contributed by atoms with Crippen LogP contribution in [-0.2, 0) is 29.0 Å². The number of carbonyl (C=O) groups is 2. The van der Waals surface area contributed by atoms with Gasteiger partial charge in [0.1, 0.15) is 6.10 Å². The molecule has 0 heterocycles. The Morgan fingerprint density at radius 3 is 1.89 bits per heavy atom. The van der Waals surface area contributed by atoms with Gasteiger partial charge in [0.05, 0.1) is 31.2 Å². The third-order valence-electron chi connectivity index (χ3n) is 11.9. The normalized spacial score (nSPS) is 37.9. The molecule has 0 aromatic heterocycles. The van der Waals surface area contributed by atoms with Crippen LogP contribution in [0.3, 0.4) is 0 Å². The van der Waals surface area contributed by atoms with E-state index in [9.17, 15) is 34.9 Å². The number of esters is 1. The van der Waals surface area contributed by atoms with Gasteiger partial charge in [-0.25, -0.2) is 14.7 Å². The van der Waals surface area contributed by atoms with Crippen molar-refractivity contribution >= 4 is 11.9 Å². The zero-order chi connectivity index (χ0) is 34.1. The summed E-state index contributed by atoms with van der Waals surface area (Å²) in [7, 11) is 0. The van der Waals surface area contributed by atoms with Crippen LogP contribution in [-0.4, -0.2) is 69.7 Å². The summed E-state index contributed by atoms with van der Waals surface area (Å²) >= 11 is 0. The van der Waals surface area contributed by atoms with E-state index in [4.69, 9.17) is 19.8 Å². The van der Waals surface area contributed by atoms with Gasteiger partial charge in [0.2, 0.25) is 12.1 Å². The van der Waals surface area contributed by atoms with Crippen LogP contribution in [0.4, 0.5) is 0 Å². The maximum absolute atomic E-state index is 13.2. The van der Waals surface area contributed by atoms with Crippen molar-refractivity contribution in [1.29, 1.82) is 0 Å². The van der Waals surface area contributed by atoms with E-state index in [1.54, 1.807) is 0 Å². The Labute approximate surface area is 276 Å². The molecule has 0 aromatic rings. The molecule has 2 N–H and O–H groups in total. The maximum atomic E-state index is 13.2. The molecule has 4 saturated carbocycles. The van der Waals surface area contributed by atoms with Crippen LogP contribution in [0.2, 0.25) is 0 Å². The van der Waals surface area contributed by atoms with E-state index in [0.717, 1.165) is 51.4 Å². The quantitative estimate of drug-likeness (QED) is 0.0899. The maximum Gasteiger partial charge on any atom is 0.310 e. The first-order valence-corrected chi connectivity index (χ1v) is 17.8. The first kappa shape index (κ1) is 37.4. The van der Waals surface area contributed by atoms with Gasteiger partial charge in [0, 0.05) is 35.5 Å². The van der Waals surface area contributed by atoms with E-state index >= 15 is 0 Å². The minimum Gasteiger partial charge on any atom is -0.481 e. The van der Waals surface area contributed by atoms with Crippen molar-refractivity contribution < 1.29 is 49.2 Å². The lowest BCUT2D eigenvalue weighted by molar-refractivity contribution is -0.530. The average Bonchev–Trinajstić information content (AvgIpc) is 3.06.